The molecule has 0 aliphatic heterocycles. The molecular weight excluding hydrogens is 184 g/mol. The molecule has 0 aromatic carbocycles. The van der Waals surface area contributed by atoms with Crippen LogP contribution >= 0.6 is 11.3 Å². The van der Waals surface area contributed by atoms with Crippen LogP contribution in [0.1, 0.15) is 16.8 Å². The zero-order valence-electron chi connectivity index (χ0n) is 7.96. The Kier molecular flexibility index (Phi) is 3.92. The summed E-state index contributed by atoms with van der Waals surface area (Å²) in [6.45, 7) is 7.21. The molecule has 0 spiro atoms. The number of rotatable bonds is 5. The Morgan fingerprint density at radius 2 is 2.54 bits per heavy atom. The van der Waals surface area contributed by atoms with Gasteiger partial charge in [0.05, 0.1) is 11.5 Å². The fraction of sp³-hybridized carbons (Fsp3) is 0.444. The highest BCUT2D eigenvalue weighted by molar-refractivity contribution is 7.12. The molecule has 1 N–H and O–H groups in total. The third-order valence-corrected chi connectivity index (χ3v) is 2.51. The van der Waals surface area contributed by atoms with Gasteiger partial charge in [-0.15, -0.1) is 11.3 Å². The molecule has 72 valence electrons. The molecule has 0 saturated heterocycles. The quantitative estimate of drug-likeness (QED) is 0.733. The highest BCUT2D eigenvalue weighted by Crippen LogP contribution is 2.21. The van der Waals surface area contributed by atoms with Crippen molar-refractivity contribution in [2.45, 2.75) is 13.5 Å². The molecule has 1 heterocycles. The topological polar surface area (TPSA) is 34.1 Å². The van der Waals surface area contributed by atoms with Crippen molar-refractivity contribution in [2.24, 2.45) is 0 Å². The minimum absolute atomic E-state index is 0.651. The van der Waals surface area contributed by atoms with Crippen LogP contribution < -0.4 is 5.32 Å². The van der Waals surface area contributed by atoms with Gasteiger partial charge in [-0.05, 0) is 14.0 Å². The van der Waals surface area contributed by atoms with Crippen molar-refractivity contribution in [3.8, 4) is 0 Å². The predicted octanol–water partition coefficient (Wildman–Crippen LogP) is 1.87. The van der Waals surface area contributed by atoms with Crippen molar-refractivity contribution in [1.82, 2.24) is 10.3 Å². The van der Waals surface area contributed by atoms with Gasteiger partial charge in [0.1, 0.15) is 10.8 Å². The summed E-state index contributed by atoms with van der Waals surface area (Å²) >= 11 is 1.61. The molecule has 0 atom stereocenters. The van der Waals surface area contributed by atoms with Crippen LogP contribution in [0.2, 0.25) is 0 Å². The van der Waals surface area contributed by atoms with Crippen molar-refractivity contribution in [3.63, 3.8) is 0 Å². The maximum absolute atomic E-state index is 5.27. The third kappa shape index (κ3) is 2.82. The van der Waals surface area contributed by atoms with E-state index in [-0.39, 0.29) is 0 Å². The molecule has 1 aromatic heterocycles. The van der Waals surface area contributed by atoms with Crippen molar-refractivity contribution in [3.05, 3.63) is 22.7 Å². The van der Waals surface area contributed by atoms with Gasteiger partial charge in [-0.25, -0.2) is 4.98 Å². The highest BCUT2D eigenvalue weighted by Gasteiger charge is 2.04. The largest absolute Gasteiger partial charge is 0.493 e. The Morgan fingerprint density at radius 3 is 3.15 bits per heavy atom. The molecule has 13 heavy (non-hydrogen) atoms. The Hall–Kier alpha value is -0.870. The smallest absolute Gasteiger partial charge is 0.130 e. The van der Waals surface area contributed by atoms with Gasteiger partial charge in [-0.2, -0.15) is 0 Å². The second-order valence-corrected chi connectivity index (χ2v) is 3.62. The zero-order valence-corrected chi connectivity index (χ0v) is 8.78. The second kappa shape index (κ2) is 4.99. The maximum atomic E-state index is 5.27. The monoisotopic (exact) mass is 198 g/mol. The van der Waals surface area contributed by atoms with E-state index < -0.39 is 0 Å². The predicted molar refractivity (Wildman–Crippen MR) is 55.5 cm³/mol. The minimum Gasteiger partial charge on any atom is -0.493 e. The molecule has 0 unspecified atom stereocenters. The van der Waals surface area contributed by atoms with E-state index in [1.165, 1.54) is 0 Å². The fourth-order valence-electron chi connectivity index (χ4n) is 0.917. The molecule has 0 radical (unpaired) electrons. The molecule has 1 rings (SSSR count). The lowest BCUT2D eigenvalue weighted by atomic mass is 10.5. The van der Waals surface area contributed by atoms with Gasteiger partial charge in [-0.3, -0.25) is 0 Å². The normalized spacial score (nSPS) is 10.0. The van der Waals surface area contributed by atoms with Crippen LogP contribution in [0.3, 0.4) is 0 Å². The van der Waals surface area contributed by atoms with Crippen LogP contribution in [0.4, 0.5) is 0 Å². The van der Waals surface area contributed by atoms with Crippen LogP contribution in [-0.2, 0) is 11.3 Å². The number of hydrogen-bond donors (Lipinski definition) is 1. The van der Waals surface area contributed by atoms with E-state index in [1.807, 2.05) is 14.0 Å². The molecule has 0 amide bonds. The standard InChI is InChI=1S/C9H14N2OS/c1-4-12-7(2)8-5-11-9(13-8)6-10-3/h5,10H,2,4,6H2,1,3H3. The molecule has 0 bridgehead atoms. The summed E-state index contributed by atoms with van der Waals surface area (Å²) < 4.78 is 5.27. The zero-order chi connectivity index (χ0) is 9.68. The van der Waals surface area contributed by atoms with Crippen LogP contribution in [0, 0.1) is 0 Å². The first-order valence-corrected chi connectivity index (χ1v) is 5.01. The molecule has 0 fully saturated rings. The van der Waals surface area contributed by atoms with Crippen LogP contribution in [0.5, 0.6) is 0 Å². The number of ether oxygens (including phenoxy) is 1. The second-order valence-electron chi connectivity index (χ2n) is 2.50. The molecular formula is C9H14N2OS. The van der Waals surface area contributed by atoms with E-state index in [9.17, 15) is 0 Å². The molecule has 4 heteroatoms. The van der Waals surface area contributed by atoms with Crippen molar-refractivity contribution in [1.29, 1.82) is 0 Å². The molecule has 0 saturated carbocycles. The Labute approximate surface area is 82.5 Å². The molecule has 1 aromatic rings. The van der Waals surface area contributed by atoms with Crippen LogP contribution in [-0.4, -0.2) is 18.6 Å². The van der Waals surface area contributed by atoms with E-state index >= 15 is 0 Å². The van der Waals surface area contributed by atoms with Gasteiger partial charge in [0.15, 0.2) is 0 Å². The SMILES string of the molecule is C=C(OCC)c1cnc(CNC)s1. The number of thiazole rings is 1. The van der Waals surface area contributed by atoms with Gasteiger partial charge in [-0.1, -0.05) is 6.58 Å². The summed E-state index contributed by atoms with van der Waals surface area (Å²) in [7, 11) is 1.90. The van der Waals surface area contributed by atoms with Crippen LogP contribution in [0.15, 0.2) is 12.8 Å². The lowest BCUT2D eigenvalue weighted by Gasteiger charge is -2.01. The summed E-state index contributed by atoms with van der Waals surface area (Å²) in [6, 6.07) is 0. The lowest BCUT2D eigenvalue weighted by Crippen LogP contribution is -2.03. The minimum atomic E-state index is 0.651. The van der Waals surface area contributed by atoms with Gasteiger partial charge < -0.3 is 10.1 Å². The summed E-state index contributed by atoms with van der Waals surface area (Å²) in [4.78, 5) is 5.23. The first-order valence-electron chi connectivity index (χ1n) is 4.19. The Balaban J connectivity index is 2.62. The Bertz CT molecular complexity index is 283. The summed E-state index contributed by atoms with van der Waals surface area (Å²) in [5.74, 6) is 0.711. The summed E-state index contributed by atoms with van der Waals surface area (Å²) in [6.07, 6.45) is 1.80. The van der Waals surface area contributed by atoms with Gasteiger partial charge in [0, 0.05) is 12.7 Å². The third-order valence-electron chi connectivity index (χ3n) is 1.47. The lowest BCUT2D eigenvalue weighted by molar-refractivity contribution is 0.300. The molecule has 3 nitrogen and oxygen atoms in total. The fourth-order valence-corrected chi connectivity index (χ4v) is 1.77. The first kappa shape index (κ1) is 10.2. The van der Waals surface area contributed by atoms with Crippen molar-refractivity contribution in [2.75, 3.05) is 13.7 Å². The van der Waals surface area contributed by atoms with Gasteiger partial charge >= 0.3 is 0 Å². The van der Waals surface area contributed by atoms with E-state index in [2.05, 4.69) is 16.9 Å². The van der Waals surface area contributed by atoms with Gasteiger partial charge in [0.2, 0.25) is 0 Å². The van der Waals surface area contributed by atoms with Gasteiger partial charge in [0.25, 0.3) is 0 Å². The molecule has 0 aliphatic carbocycles. The number of hydrogen-bond acceptors (Lipinski definition) is 4. The average molecular weight is 198 g/mol. The van der Waals surface area contributed by atoms with Crippen LogP contribution in [0.25, 0.3) is 5.76 Å². The summed E-state index contributed by atoms with van der Waals surface area (Å²) in [5.41, 5.74) is 0. The first-order chi connectivity index (χ1) is 6.27. The number of nitrogens with one attached hydrogen (secondary N) is 1. The van der Waals surface area contributed by atoms with Crippen molar-refractivity contribution >= 4 is 17.1 Å². The number of aromatic nitrogens is 1. The Morgan fingerprint density at radius 1 is 1.77 bits per heavy atom. The maximum Gasteiger partial charge on any atom is 0.130 e. The van der Waals surface area contributed by atoms with E-state index in [0.29, 0.717) is 12.4 Å². The highest BCUT2D eigenvalue weighted by atomic mass is 32.1. The number of nitrogens with zero attached hydrogens (tertiary/aromatic N) is 1. The van der Waals surface area contributed by atoms with Crippen molar-refractivity contribution < 1.29 is 4.74 Å². The van der Waals surface area contributed by atoms with E-state index in [4.69, 9.17) is 4.74 Å². The molecule has 0 aliphatic rings. The van der Waals surface area contributed by atoms with E-state index in [1.54, 1.807) is 17.5 Å². The summed E-state index contributed by atoms with van der Waals surface area (Å²) in [5, 5.41) is 4.10. The van der Waals surface area contributed by atoms with E-state index in [0.717, 1.165) is 16.4 Å². The average Bonchev–Trinajstić information content (AvgIpc) is 2.54.